The molecular formula is C13H19F3N4O. The van der Waals surface area contributed by atoms with Crippen LogP contribution in [0.2, 0.25) is 0 Å². The van der Waals surface area contributed by atoms with Crippen molar-refractivity contribution in [1.82, 2.24) is 19.7 Å². The molecular weight excluding hydrogens is 285 g/mol. The number of halogens is 3. The first-order chi connectivity index (χ1) is 9.70. The van der Waals surface area contributed by atoms with Crippen LogP contribution in [-0.4, -0.2) is 43.5 Å². The number of hydrogen-bond donors (Lipinski definition) is 1. The van der Waals surface area contributed by atoms with Gasteiger partial charge in [0.15, 0.2) is 0 Å². The van der Waals surface area contributed by atoms with Gasteiger partial charge in [0.1, 0.15) is 5.82 Å². The van der Waals surface area contributed by atoms with Gasteiger partial charge in [-0.25, -0.2) is 0 Å². The van der Waals surface area contributed by atoms with Crippen molar-refractivity contribution in [3.8, 4) is 0 Å². The van der Waals surface area contributed by atoms with E-state index in [1.165, 1.54) is 0 Å². The second-order valence-corrected chi connectivity index (χ2v) is 6.60. The lowest BCUT2D eigenvalue weighted by Crippen LogP contribution is -2.47. The Morgan fingerprint density at radius 3 is 2.52 bits per heavy atom. The molecule has 2 heterocycles. The second kappa shape index (κ2) is 4.67. The smallest absolute Gasteiger partial charge is 0.391 e. The van der Waals surface area contributed by atoms with Crippen LogP contribution in [0.1, 0.15) is 38.3 Å². The Labute approximate surface area is 120 Å². The molecule has 1 aliphatic carbocycles. The van der Waals surface area contributed by atoms with E-state index in [2.05, 4.69) is 10.2 Å². The maximum atomic E-state index is 12.8. The van der Waals surface area contributed by atoms with Gasteiger partial charge in [0.2, 0.25) is 5.82 Å². The zero-order chi connectivity index (χ0) is 15.4. The minimum Gasteiger partial charge on any atom is -0.391 e. The fraction of sp³-hybridized carbons (Fsp3) is 0.846. The van der Waals surface area contributed by atoms with Crippen LogP contribution in [0, 0.1) is 5.41 Å². The lowest BCUT2D eigenvalue weighted by molar-refractivity contribution is -0.148. The van der Waals surface area contributed by atoms with Crippen LogP contribution in [0.4, 0.5) is 13.2 Å². The number of aliphatic hydroxyl groups excluding tert-OH is 1. The van der Waals surface area contributed by atoms with Crippen LogP contribution < -0.4 is 0 Å². The van der Waals surface area contributed by atoms with E-state index in [1.807, 2.05) is 18.7 Å². The summed E-state index contributed by atoms with van der Waals surface area (Å²) in [5, 5.41) is 17.3. The Hall–Kier alpha value is -1.15. The van der Waals surface area contributed by atoms with Crippen molar-refractivity contribution in [2.45, 2.75) is 58.1 Å². The highest BCUT2D eigenvalue weighted by Crippen LogP contribution is 2.40. The van der Waals surface area contributed by atoms with Gasteiger partial charge in [-0.1, -0.05) is 13.8 Å². The van der Waals surface area contributed by atoms with E-state index in [4.69, 9.17) is 0 Å². The second-order valence-electron chi connectivity index (χ2n) is 6.60. The molecule has 1 N–H and O–H groups in total. The molecule has 0 saturated heterocycles. The third-order valence-corrected chi connectivity index (χ3v) is 4.75. The topological polar surface area (TPSA) is 54.2 Å². The number of aromatic nitrogens is 3. The summed E-state index contributed by atoms with van der Waals surface area (Å²) in [6.45, 7) is 5.03. The van der Waals surface area contributed by atoms with Gasteiger partial charge in [0.05, 0.1) is 12.6 Å². The van der Waals surface area contributed by atoms with Gasteiger partial charge in [0, 0.05) is 19.1 Å². The molecule has 1 fully saturated rings. The minimum atomic E-state index is -4.47. The normalized spacial score (nSPS) is 29.6. The summed E-state index contributed by atoms with van der Waals surface area (Å²) in [6.07, 6.45) is -3.17. The Morgan fingerprint density at radius 1 is 1.24 bits per heavy atom. The molecule has 0 spiro atoms. The molecule has 1 saturated carbocycles. The quantitative estimate of drug-likeness (QED) is 0.857. The van der Waals surface area contributed by atoms with Crippen LogP contribution in [-0.2, 0) is 19.3 Å². The van der Waals surface area contributed by atoms with Crippen molar-refractivity contribution >= 4 is 0 Å². The monoisotopic (exact) mass is 304 g/mol. The number of nitrogens with zero attached hydrogens (tertiary/aromatic N) is 4. The molecule has 2 atom stereocenters. The summed E-state index contributed by atoms with van der Waals surface area (Å²) in [5.41, 5.74) is -0.146. The van der Waals surface area contributed by atoms with Crippen LogP contribution in [0.3, 0.4) is 0 Å². The number of fused-ring (bicyclic) bond motifs is 1. The van der Waals surface area contributed by atoms with E-state index in [-0.39, 0.29) is 18.0 Å². The zero-order valence-corrected chi connectivity index (χ0v) is 12.1. The molecule has 2 aliphatic rings. The predicted molar refractivity (Wildman–Crippen MR) is 68.2 cm³/mol. The maximum Gasteiger partial charge on any atom is 0.451 e. The molecule has 1 aromatic heterocycles. The van der Waals surface area contributed by atoms with Crippen molar-refractivity contribution in [3.63, 3.8) is 0 Å². The van der Waals surface area contributed by atoms with Gasteiger partial charge >= 0.3 is 6.18 Å². The van der Waals surface area contributed by atoms with Crippen molar-refractivity contribution in [2.24, 2.45) is 5.41 Å². The van der Waals surface area contributed by atoms with Gasteiger partial charge in [0.25, 0.3) is 0 Å². The van der Waals surface area contributed by atoms with E-state index >= 15 is 0 Å². The van der Waals surface area contributed by atoms with Crippen molar-refractivity contribution < 1.29 is 18.3 Å². The summed E-state index contributed by atoms with van der Waals surface area (Å²) in [4.78, 5) is 2.03. The lowest BCUT2D eigenvalue weighted by Gasteiger charge is -2.36. The average Bonchev–Trinajstić information content (AvgIpc) is 2.91. The van der Waals surface area contributed by atoms with Gasteiger partial charge in [-0.3, -0.25) is 4.90 Å². The number of aliphatic hydroxyl groups is 1. The summed E-state index contributed by atoms with van der Waals surface area (Å²) >= 11 is 0. The highest BCUT2D eigenvalue weighted by Gasteiger charge is 2.45. The lowest BCUT2D eigenvalue weighted by atomic mass is 9.88. The Balaban J connectivity index is 1.79. The van der Waals surface area contributed by atoms with E-state index < -0.39 is 18.1 Å². The number of hydrogen-bond acceptors (Lipinski definition) is 4. The Morgan fingerprint density at radius 2 is 1.95 bits per heavy atom. The van der Waals surface area contributed by atoms with Crippen molar-refractivity contribution in [3.05, 3.63) is 11.6 Å². The fourth-order valence-corrected chi connectivity index (χ4v) is 3.40. The largest absolute Gasteiger partial charge is 0.451 e. The van der Waals surface area contributed by atoms with E-state index in [9.17, 15) is 18.3 Å². The van der Waals surface area contributed by atoms with Crippen molar-refractivity contribution in [1.29, 1.82) is 0 Å². The fourth-order valence-electron chi connectivity index (χ4n) is 3.40. The molecule has 1 aliphatic heterocycles. The summed E-state index contributed by atoms with van der Waals surface area (Å²) in [6, 6.07) is -0.0141. The number of alkyl halides is 3. The first-order valence-electron chi connectivity index (χ1n) is 7.11. The zero-order valence-electron chi connectivity index (χ0n) is 12.1. The highest BCUT2D eigenvalue weighted by molar-refractivity contribution is 5.05. The number of rotatable bonds is 1. The van der Waals surface area contributed by atoms with E-state index in [0.717, 1.165) is 17.4 Å². The minimum absolute atomic E-state index is 0.0141. The van der Waals surface area contributed by atoms with Crippen LogP contribution in [0.15, 0.2) is 0 Å². The summed E-state index contributed by atoms with van der Waals surface area (Å²) in [5.74, 6) is -0.602. The molecule has 3 rings (SSSR count). The molecule has 0 amide bonds. The molecule has 1 aromatic rings. The molecule has 8 heteroatoms. The molecule has 0 bridgehead atoms. The molecule has 0 aromatic carbocycles. The molecule has 5 nitrogen and oxygen atoms in total. The molecule has 21 heavy (non-hydrogen) atoms. The first kappa shape index (κ1) is 14.8. The maximum absolute atomic E-state index is 12.8. The van der Waals surface area contributed by atoms with Gasteiger partial charge < -0.3 is 9.67 Å². The van der Waals surface area contributed by atoms with Crippen LogP contribution >= 0.6 is 0 Å². The molecule has 118 valence electrons. The van der Waals surface area contributed by atoms with Gasteiger partial charge in [-0.15, -0.1) is 10.2 Å². The third kappa shape index (κ3) is 2.44. The van der Waals surface area contributed by atoms with Crippen LogP contribution in [0.25, 0.3) is 0 Å². The standard InChI is InChI=1S/C13H19F3N4O/c1-12(2)4-3-8(10(12)21)19-5-6-20-9(7-19)17-18-11(20)13(14,15)16/h8,10,21H,3-7H2,1-2H3. The third-order valence-electron chi connectivity index (χ3n) is 4.75. The Kier molecular flexibility index (Phi) is 3.29. The highest BCUT2D eigenvalue weighted by atomic mass is 19.4. The average molecular weight is 304 g/mol. The van der Waals surface area contributed by atoms with E-state index in [0.29, 0.717) is 18.9 Å². The van der Waals surface area contributed by atoms with Crippen molar-refractivity contribution in [2.75, 3.05) is 6.54 Å². The van der Waals surface area contributed by atoms with Crippen LogP contribution in [0.5, 0.6) is 0 Å². The summed E-state index contributed by atoms with van der Waals surface area (Å²) in [7, 11) is 0. The first-order valence-corrected chi connectivity index (χ1v) is 7.11. The molecule has 2 unspecified atom stereocenters. The van der Waals surface area contributed by atoms with Gasteiger partial charge in [-0.05, 0) is 18.3 Å². The summed E-state index contributed by atoms with van der Waals surface area (Å²) < 4.78 is 39.5. The predicted octanol–water partition coefficient (Wildman–Crippen LogP) is 1.66. The Bertz CT molecular complexity index is 540. The van der Waals surface area contributed by atoms with Gasteiger partial charge in [-0.2, -0.15) is 13.2 Å². The van der Waals surface area contributed by atoms with E-state index in [1.54, 1.807) is 0 Å². The molecule has 0 radical (unpaired) electrons. The SMILES string of the molecule is CC1(C)CCC(N2CCn3c(nnc3C(F)(F)F)C2)C1O.